The summed E-state index contributed by atoms with van der Waals surface area (Å²) >= 11 is 0. The Bertz CT molecular complexity index is 1350. The number of aliphatic hydroxyl groups excluding tert-OH is 1. The van der Waals surface area contributed by atoms with Gasteiger partial charge in [0.25, 0.3) is 0 Å². The molecule has 3 N–H and O–H groups in total. The molecule has 1 aliphatic heterocycles. The van der Waals surface area contributed by atoms with E-state index in [2.05, 4.69) is 5.32 Å². The number of carbonyl (C=O) groups is 2. The Hall–Kier alpha value is -3.92. The molecule has 1 fully saturated rings. The maximum atomic E-state index is 12.6. The Morgan fingerprint density at radius 3 is 1.78 bits per heavy atom. The number of carboxylic acids is 1. The Labute approximate surface area is 290 Å². The van der Waals surface area contributed by atoms with E-state index in [0.29, 0.717) is 25.8 Å². The molecule has 9 nitrogen and oxygen atoms in total. The van der Waals surface area contributed by atoms with Crippen LogP contribution in [-0.4, -0.2) is 67.8 Å². The number of rotatable bonds is 21. The van der Waals surface area contributed by atoms with Crippen molar-refractivity contribution >= 4 is 11.9 Å². The fraction of sp³-hybridized carbons (Fsp3) is 0.500. The smallest absolute Gasteiger partial charge is 0.303 e. The summed E-state index contributed by atoms with van der Waals surface area (Å²) in [6.45, 7) is 0.511. The molecular formula is C40H53NO8. The van der Waals surface area contributed by atoms with E-state index in [4.69, 9.17) is 24.1 Å². The molecule has 266 valence electrons. The van der Waals surface area contributed by atoms with Gasteiger partial charge in [-0.15, -0.1) is 0 Å². The maximum Gasteiger partial charge on any atom is 0.303 e. The lowest BCUT2D eigenvalue weighted by molar-refractivity contribution is -0.157. The van der Waals surface area contributed by atoms with Gasteiger partial charge in [0, 0.05) is 19.4 Å². The summed E-state index contributed by atoms with van der Waals surface area (Å²) in [5.74, 6) is 0.755. The first-order valence-electron chi connectivity index (χ1n) is 17.7. The number of benzene rings is 3. The molecule has 3 aromatic rings. The standard InChI is InChI=1S/C40H53NO8/c1-46-33-22-18-31(19-23-33)40(30-14-10-9-11-15-30,32-20-24-34(47-2)25-21-32)48-29-37-36(42)27-26-35(49-37)28-41-38(43)16-12-7-5-3-4-6-8-13-17-39(44)45/h9-11,14-15,18-25,35-37,42H,3-8,12-13,16-17,26-29H2,1-2H3,(H,41,43)(H,44,45)/t35-,36+,37-/m1/s1. The third-order valence-electron chi connectivity index (χ3n) is 9.29. The Balaban J connectivity index is 1.35. The molecule has 0 aromatic heterocycles. The Kier molecular flexibility index (Phi) is 15.4. The predicted molar refractivity (Wildman–Crippen MR) is 189 cm³/mol. The van der Waals surface area contributed by atoms with Crippen molar-refractivity contribution in [3.8, 4) is 11.5 Å². The number of methoxy groups -OCH3 is 2. The first-order chi connectivity index (χ1) is 23.8. The van der Waals surface area contributed by atoms with Gasteiger partial charge < -0.3 is 34.5 Å². The molecule has 1 saturated heterocycles. The third kappa shape index (κ3) is 11.3. The topological polar surface area (TPSA) is 124 Å². The summed E-state index contributed by atoms with van der Waals surface area (Å²) in [6.07, 6.45) is 8.30. The summed E-state index contributed by atoms with van der Waals surface area (Å²) in [6, 6.07) is 25.7. The molecule has 0 radical (unpaired) electrons. The van der Waals surface area contributed by atoms with Crippen molar-refractivity contribution in [3.05, 3.63) is 95.6 Å². The van der Waals surface area contributed by atoms with Crippen LogP contribution in [0.15, 0.2) is 78.9 Å². The first kappa shape index (κ1) is 37.9. The maximum absolute atomic E-state index is 12.6. The zero-order valence-electron chi connectivity index (χ0n) is 29.0. The van der Waals surface area contributed by atoms with E-state index in [0.717, 1.165) is 79.6 Å². The number of aliphatic carboxylic acids is 1. The molecule has 0 aliphatic carbocycles. The molecule has 1 amide bonds. The van der Waals surface area contributed by atoms with Crippen molar-refractivity contribution in [1.82, 2.24) is 5.32 Å². The minimum absolute atomic E-state index is 0.0123. The molecule has 0 bridgehead atoms. The quantitative estimate of drug-likeness (QED) is 0.0813. The number of carbonyl (C=O) groups excluding carboxylic acids is 1. The van der Waals surface area contributed by atoms with E-state index < -0.39 is 23.8 Å². The number of aliphatic hydroxyl groups is 1. The highest BCUT2D eigenvalue weighted by Crippen LogP contribution is 2.42. The average molecular weight is 676 g/mol. The van der Waals surface area contributed by atoms with Gasteiger partial charge in [-0.05, 0) is 66.6 Å². The van der Waals surface area contributed by atoms with Gasteiger partial charge in [-0.2, -0.15) is 0 Å². The minimum Gasteiger partial charge on any atom is -0.497 e. The van der Waals surface area contributed by atoms with E-state index >= 15 is 0 Å². The summed E-state index contributed by atoms with van der Waals surface area (Å²) in [5.41, 5.74) is 1.70. The van der Waals surface area contributed by atoms with E-state index in [1.807, 2.05) is 78.9 Å². The van der Waals surface area contributed by atoms with Crippen molar-refractivity contribution in [2.24, 2.45) is 0 Å². The molecule has 3 aromatic carbocycles. The van der Waals surface area contributed by atoms with E-state index in [1.54, 1.807) is 14.2 Å². The molecular weight excluding hydrogens is 622 g/mol. The number of hydrogen-bond acceptors (Lipinski definition) is 7. The van der Waals surface area contributed by atoms with Crippen molar-refractivity contribution in [2.45, 2.75) is 101 Å². The van der Waals surface area contributed by atoms with Gasteiger partial charge in [0.15, 0.2) is 0 Å². The van der Waals surface area contributed by atoms with Crippen LogP contribution in [0.25, 0.3) is 0 Å². The van der Waals surface area contributed by atoms with Crippen LogP contribution in [0.3, 0.4) is 0 Å². The number of carboxylic acid groups (broad SMARTS) is 1. The van der Waals surface area contributed by atoms with E-state index in [-0.39, 0.29) is 25.0 Å². The normalized spacial score (nSPS) is 17.7. The van der Waals surface area contributed by atoms with E-state index in [1.165, 1.54) is 0 Å². The first-order valence-corrected chi connectivity index (χ1v) is 17.7. The molecule has 1 aliphatic rings. The van der Waals surface area contributed by atoms with Crippen LogP contribution in [0.2, 0.25) is 0 Å². The summed E-state index contributed by atoms with van der Waals surface area (Å²) in [7, 11) is 3.28. The minimum atomic E-state index is -1.02. The summed E-state index contributed by atoms with van der Waals surface area (Å²) in [4.78, 5) is 23.2. The van der Waals surface area contributed by atoms with Crippen LogP contribution in [0.1, 0.15) is 93.7 Å². The third-order valence-corrected chi connectivity index (χ3v) is 9.29. The largest absolute Gasteiger partial charge is 0.497 e. The zero-order valence-corrected chi connectivity index (χ0v) is 29.0. The fourth-order valence-electron chi connectivity index (χ4n) is 6.47. The van der Waals surface area contributed by atoms with Crippen LogP contribution >= 0.6 is 0 Å². The van der Waals surface area contributed by atoms with Crippen molar-refractivity contribution in [1.29, 1.82) is 0 Å². The van der Waals surface area contributed by atoms with E-state index in [9.17, 15) is 14.7 Å². The summed E-state index contributed by atoms with van der Waals surface area (Å²) in [5, 5.41) is 22.8. The SMILES string of the molecule is COc1ccc(C(OC[C@H]2O[C@@H](CNC(=O)CCCCCCCCCCC(=O)O)CC[C@@H]2O)(c2ccccc2)c2ccc(OC)cc2)cc1. The second-order valence-corrected chi connectivity index (χ2v) is 12.8. The predicted octanol–water partition coefficient (Wildman–Crippen LogP) is 7.02. The van der Waals surface area contributed by atoms with Gasteiger partial charge in [-0.3, -0.25) is 9.59 Å². The van der Waals surface area contributed by atoms with Crippen LogP contribution in [0.5, 0.6) is 11.5 Å². The van der Waals surface area contributed by atoms with Crippen molar-refractivity contribution in [3.63, 3.8) is 0 Å². The van der Waals surface area contributed by atoms with Crippen LogP contribution in [0, 0.1) is 0 Å². The zero-order chi connectivity index (χ0) is 34.9. The number of unbranched alkanes of at least 4 members (excludes halogenated alkanes) is 7. The Morgan fingerprint density at radius 2 is 1.24 bits per heavy atom. The second-order valence-electron chi connectivity index (χ2n) is 12.8. The van der Waals surface area contributed by atoms with Gasteiger partial charge in [0.2, 0.25) is 5.91 Å². The van der Waals surface area contributed by atoms with Gasteiger partial charge in [0.05, 0.1) is 33.0 Å². The van der Waals surface area contributed by atoms with Gasteiger partial charge in [-0.1, -0.05) is 93.1 Å². The lowest BCUT2D eigenvalue weighted by Gasteiger charge is -2.40. The highest BCUT2D eigenvalue weighted by atomic mass is 16.6. The fourth-order valence-corrected chi connectivity index (χ4v) is 6.47. The molecule has 0 spiro atoms. The lowest BCUT2D eigenvalue weighted by Crippen LogP contribution is -2.47. The van der Waals surface area contributed by atoms with Crippen LogP contribution in [0.4, 0.5) is 0 Å². The summed E-state index contributed by atoms with van der Waals surface area (Å²) < 4.78 is 24.2. The highest BCUT2D eigenvalue weighted by molar-refractivity contribution is 5.75. The highest BCUT2D eigenvalue weighted by Gasteiger charge is 2.40. The molecule has 9 heteroatoms. The molecule has 3 atom stereocenters. The van der Waals surface area contributed by atoms with Crippen LogP contribution in [-0.2, 0) is 24.7 Å². The number of hydrogen-bond donors (Lipinski definition) is 3. The van der Waals surface area contributed by atoms with Gasteiger partial charge in [0.1, 0.15) is 23.2 Å². The van der Waals surface area contributed by atoms with Gasteiger partial charge in [-0.25, -0.2) is 0 Å². The lowest BCUT2D eigenvalue weighted by atomic mass is 9.80. The molecule has 1 heterocycles. The molecule has 4 rings (SSSR count). The average Bonchev–Trinajstić information content (AvgIpc) is 3.13. The second kappa shape index (κ2) is 19.9. The monoisotopic (exact) mass is 675 g/mol. The van der Waals surface area contributed by atoms with Crippen molar-refractivity contribution < 1.29 is 38.7 Å². The number of ether oxygens (including phenoxy) is 4. The molecule has 0 saturated carbocycles. The molecule has 49 heavy (non-hydrogen) atoms. The molecule has 0 unspecified atom stereocenters. The Morgan fingerprint density at radius 1 is 0.735 bits per heavy atom. The van der Waals surface area contributed by atoms with Crippen molar-refractivity contribution in [2.75, 3.05) is 27.4 Å². The number of nitrogens with one attached hydrogen (secondary N) is 1. The van der Waals surface area contributed by atoms with Gasteiger partial charge >= 0.3 is 5.97 Å². The number of amides is 1. The van der Waals surface area contributed by atoms with Crippen LogP contribution < -0.4 is 14.8 Å².